The highest BCUT2D eigenvalue weighted by atomic mass is 35.5. The molecule has 0 heterocycles. The third-order valence-electron chi connectivity index (χ3n) is 1.12. The number of hydrogen-bond donors (Lipinski definition) is 1. The van der Waals surface area contributed by atoms with E-state index in [1.54, 1.807) is 6.92 Å². The fourth-order valence-electron chi connectivity index (χ4n) is 0.490. The fourth-order valence-corrected chi connectivity index (χ4v) is 0.662. The number of carbonyl (C=O) groups is 2. The van der Waals surface area contributed by atoms with Gasteiger partial charge >= 0.3 is 11.9 Å². The molecule has 0 saturated heterocycles. The van der Waals surface area contributed by atoms with E-state index in [9.17, 15) is 9.59 Å². The number of halogens is 2. The van der Waals surface area contributed by atoms with Crippen LogP contribution >= 0.6 is 23.2 Å². The Morgan fingerprint density at radius 3 is 2.36 bits per heavy atom. The second-order valence-electron chi connectivity index (χ2n) is 2.35. The summed E-state index contributed by atoms with van der Waals surface area (Å²) < 4.78 is 7.42. The first-order valence-electron chi connectivity index (χ1n) is 3.76. The molecule has 0 aliphatic carbocycles. The van der Waals surface area contributed by atoms with Crippen LogP contribution in [-0.4, -0.2) is 34.8 Å². The molecule has 0 aliphatic heterocycles. The van der Waals surface area contributed by atoms with Crippen molar-refractivity contribution in [2.75, 3.05) is 13.2 Å². The van der Waals surface area contributed by atoms with Crippen molar-refractivity contribution in [3.63, 3.8) is 0 Å². The van der Waals surface area contributed by atoms with Gasteiger partial charge in [-0.3, -0.25) is 0 Å². The van der Waals surface area contributed by atoms with Crippen molar-refractivity contribution in [2.24, 2.45) is 0 Å². The summed E-state index contributed by atoms with van der Waals surface area (Å²) in [5, 5.41) is 8.18. The summed E-state index contributed by atoms with van der Waals surface area (Å²) in [6, 6.07) is 0. The van der Waals surface area contributed by atoms with Crippen LogP contribution in [0.1, 0.15) is 13.3 Å². The molecule has 1 N–H and O–H groups in total. The van der Waals surface area contributed by atoms with Crippen molar-refractivity contribution in [3.8, 4) is 0 Å². The van der Waals surface area contributed by atoms with Gasteiger partial charge in [0.05, 0.1) is 0 Å². The largest absolute Gasteiger partial charge is 0.480 e. The summed E-state index contributed by atoms with van der Waals surface area (Å²) in [5.41, 5.74) is 0. The van der Waals surface area contributed by atoms with Crippen LogP contribution in [0.2, 0.25) is 0 Å². The lowest BCUT2D eigenvalue weighted by Crippen LogP contribution is -2.25. The highest BCUT2D eigenvalue weighted by Crippen LogP contribution is 2.26. The molecule has 5 nitrogen and oxygen atoms in total. The highest BCUT2D eigenvalue weighted by Gasteiger charge is 2.26. The molecule has 0 aliphatic rings. The summed E-state index contributed by atoms with van der Waals surface area (Å²) in [5.74, 6) is -1.98. The van der Waals surface area contributed by atoms with E-state index in [1.807, 2.05) is 0 Å². The third-order valence-corrected chi connectivity index (χ3v) is 1.81. The molecule has 7 heteroatoms. The fraction of sp³-hybridized carbons (Fsp3) is 0.714. The molecular weight excluding hydrogens is 235 g/mol. The number of esters is 1. The first-order valence-corrected chi connectivity index (χ1v) is 4.52. The Balaban J connectivity index is 3.71. The van der Waals surface area contributed by atoms with Gasteiger partial charge in [-0.15, -0.1) is 0 Å². The Hall–Kier alpha value is -0.520. The maximum Gasteiger partial charge on any atom is 0.334 e. The topological polar surface area (TPSA) is 72.8 Å². The molecule has 82 valence electrons. The van der Waals surface area contributed by atoms with Crippen LogP contribution < -0.4 is 0 Å². The smallest absolute Gasteiger partial charge is 0.334 e. The van der Waals surface area contributed by atoms with Gasteiger partial charge < -0.3 is 14.6 Å². The summed E-state index contributed by atoms with van der Waals surface area (Å²) in [4.78, 5) is 20.9. The monoisotopic (exact) mass is 244 g/mol. The first-order chi connectivity index (χ1) is 6.37. The van der Waals surface area contributed by atoms with Crippen molar-refractivity contribution in [1.82, 2.24) is 0 Å². The third kappa shape index (κ3) is 6.94. The van der Waals surface area contributed by atoms with Gasteiger partial charge in [-0.25, -0.2) is 9.59 Å². The maximum absolute atomic E-state index is 10.9. The lowest BCUT2D eigenvalue weighted by molar-refractivity contribution is -0.155. The second kappa shape index (κ2) is 6.06. The Bertz CT molecular complexity index is 216. The minimum absolute atomic E-state index is 0.223. The van der Waals surface area contributed by atoms with Crippen LogP contribution in [0.15, 0.2) is 0 Å². The first kappa shape index (κ1) is 13.5. The van der Waals surface area contributed by atoms with E-state index in [4.69, 9.17) is 28.3 Å². The Kier molecular flexibility index (Phi) is 5.83. The van der Waals surface area contributed by atoms with E-state index in [2.05, 4.69) is 9.47 Å². The normalized spacial score (nSPS) is 11.1. The molecule has 14 heavy (non-hydrogen) atoms. The summed E-state index contributed by atoms with van der Waals surface area (Å²) in [7, 11) is 0. The molecule has 0 bridgehead atoms. The molecule has 0 amide bonds. The number of aliphatic carboxylic acids is 1. The standard InChI is InChI=1S/C7H10Cl2O5/c1-2-7(8,9)14-6(12)4-13-3-5(10)11/h2-4H2,1H3,(H,10,11). The van der Waals surface area contributed by atoms with Gasteiger partial charge in [-0.05, 0) is 0 Å². The van der Waals surface area contributed by atoms with Gasteiger partial charge in [-0.2, -0.15) is 0 Å². The van der Waals surface area contributed by atoms with Crippen LogP contribution in [-0.2, 0) is 19.1 Å². The van der Waals surface area contributed by atoms with Crippen molar-refractivity contribution in [1.29, 1.82) is 0 Å². The quantitative estimate of drug-likeness (QED) is 0.561. The van der Waals surface area contributed by atoms with Gasteiger partial charge in [0, 0.05) is 6.42 Å². The SMILES string of the molecule is CCC(Cl)(Cl)OC(=O)COCC(=O)O. The van der Waals surface area contributed by atoms with Crippen molar-refractivity contribution in [2.45, 2.75) is 17.9 Å². The molecular formula is C7H10Cl2O5. The van der Waals surface area contributed by atoms with Crippen LogP contribution in [0.4, 0.5) is 0 Å². The zero-order valence-corrected chi connectivity index (χ0v) is 8.97. The molecule has 0 aromatic carbocycles. The van der Waals surface area contributed by atoms with Crippen LogP contribution in [0.5, 0.6) is 0 Å². The van der Waals surface area contributed by atoms with Crippen LogP contribution in [0.25, 0.3) is 0 Å². The van der Waals surface area contributed by atoms with Gasteiger partial charge in [-0.1, -0.05) is 30.1 Å². The molecule has 0 unspecified atom stereocenters. The number of hydrogen-bond acceptors (Lipinski definition) is 4. The second-order valence-corrected chi connectivity index (χ2v) is 3.77. The zero-order chi connectivity index (χ0) is 11.2. The maximum atomic E-state index is 10.9. The average Bonchev–Trinajstić information content (AvgIpc) is 2.02. The number of carbonyl (C=O) groups excluding carboxylic acids is 1. The van der Waals surface area contributed by atoms with Gasteiger partial charge in [0.1, 0.15) is 13.2 Å². The highest BCUT2D eigenvalue weighted by molar-refractivity contribution is 6.47. The van der Waals surface area contributed by atoms with Gasteiger partial charge in [0.25, 0.3) is 4.52 Å². The molecule has 0 saturated carbocycles. The van der Waals surface area contributed by atoms with E-state index in [0.717, 1.165) is 0 Å². The van der Waals surface area contributed by atoms with E-state index in [-0.39, 0.29) is 6.42 Å². The van der Waals surface area contributed by atoms with Crippen molar-refractivity contribution < 1.29 is 24.2 Å². The Labute approximate surface area is 90.9 Å². The Morgan fingerprint density at radius 1 is 1.36 bits per heavy atom. The van der Waals surface area contributed by atoms with E-state index in [1.165, 1.54) is 0 Å². The lowest BCUT2D eigenvalue weighted by Gasteiger charge is -2.17. The lowest BCUT2D eigenvalue weighted by atomic mass is 10.5. The van der Waals surface area contributed by atoms with Crippen molar-refractivity contribution in [3.05, 3.63) is 0 Å². The molecule has 0 radical (unpaired) electrons. The van der Waals surface area contributed by atoms with Crippen molar-refractivity contribution >= 4 is 35.1 Å². The van der Waals surface area contributed by atoms with Gasteiger partial charge in [0.2, 0.25) is 0 Å². The molecule has 0 aromatic heterocycles. The minimum Gasteiger partial charge on any atom is -0.480 e. The number of carboxylic acids is 1. The van der Waals surface area contributed by atoms with Crippen LogP contribution in [0, 0.1) is 0 Å². The summed E-state index contributed by atoms with van der Waals surface area (Å²) in [6.07, 6.45) is 0.223. The zero-order valence-electron chi connectivity index (χ0n) is 7.46. The van der Waals surface area contributed by atoms with Crippen LogP contribution in [0.3, 0.4) is 0 Å². The molecule has 0 rings (SSSR count). The molecule has 0 atom stereocenters. The molecule has 0 aromatic rings. The molecule has 0 fully saturated rings. The minimum atomic E-state index is -1.58. The van der Waals surface area contributed by atoms with E-state index >= 15 is 0 Å². The number of alkyl halides is 2. The number of rotatable bonds is 6. The van der Waals surface area contributed by atoms with E-state index in [0.29, 0.717) is 0 Å². The summed E-state index contributed by atoms with van der Waals surface area (Å²) >= 11 is 11.0. The summed E-state index contributed by atoms with van der Waals surface area (Å²) in [6.45, 7) is 0.567. The average molecular weight is 245 g/mol. The number of carboxylic acid groups (broad SMARTS) is 1. The van der Waals surface area contributed by atoms with E-state index < -0.39 is 29.7 Å². The number of ether oxygens (including phenoxy) is 2. The predicted molar refractivity (Wildman–Crippen MR) is 49.3 cm³/mol. The predicted octanol–water partition coefficient (Wildman–Crippen LogP) is 1.17. The molecule has 0 spiro atoms. The van der Waals surface area contributed by atoms with Gasteiger partial charge in [0.15, 0.2) is 0 Å². The Morgan fingerprint density at radius 2 is 1.93 bits per heavy atom.